The molecule has 0 atom stereocenters. The van der Waals surface area contributed by atoms with Gasteiger partial charge in [0.05, 0.1) is 11.9 Å². The Morgan fingerprint density at radius 2 is 2.12 bits per heavy atom. The molecule has 2 aromatic rings. The van der Waals surface area contributed by atoms with Gasteiger partial charge in [-0.1, -0.05) is 31.0 Å². The Hall–Kier alpha value is -2.47. The first kappa shape index (κ1) is 16.4. The molecule has 1 heterocycles. The predicted octanol–water partition coefficient (Wildman–Crippen LogP) is 2.12. The average Bonchev–Trinajstić information content (AvgIpc) is 3.13. The van der Waals surface area contributed by atoms with Crippen LogP contribution < -0.4 is 16.4 Å². The summed E-state index contributed by atoms with van der Waals surface area (Å²) in [5.41, 5.74) is 8.67. The summed E-state index contributed by atoms with van der Waals surface area (Å²) in [6.07, 6.45) is 6.77. The number of nitrogens with zero attached hydrogens (tertiary/aromatic N) is 2. The summed E-state index contributed by atoms with van der Waals surface area (Å²) in [5, 5.41) is 6.14. The molecular formula is C18H23N5O. The summed E-state index contributed by atoms with van der Waals surface area (Å²) in [5.74, 6) is -0.196. The molecule has 0 radical (unpaired) electrons. The predicted molar refractivity (Wildman–Crippen MR) is 94.4 cm³/mol. The topological polar surface area (TPSA) is 92.9 Å². The SMILES string of the molecule is CNC(=O)c1nc(-c2cccc(CNC3CCCC3)c2)cnc1N. The summed E-state index contributed by atoms with van der Waals surface area (Å²) in [4.78, 5) is 20.3. The van der Waals surface area contributed by atoms with E-state index in [1.165, 1.54) is 31.2 Å². The molecule has 1 aliphatic rings. The number of aromatic nitrogens is 2. The first-order chi connectivity index (χ1) is 11.7. The van der Waals surface area contributed by atoms with Gasteiger partial charge in [-0.3, -0.25) is 4.79 Å². The van der Waals surface area contributed by atoms with E-state index in [-0.39, 0.29) is 17.4 Å². The van der Waals surface area contributed by atoms with Crippen molar-refractivity contribution in [3.05, 3.63) is 41.7 Å². The van der Waals surface area contributed by atoms with Crippen LogP contribution in [0.5, 0.6) is 0 Å². The fraction of sp³-hybridized carbons (Fsp3) is 0.389. The minimum Gasteiger partial charge on any atom is -0.382 e. The van der Waals surface area contributed by atoms with E-state index in [2.05, 4.69) is 32.7 Å². The maximum Gasteiger partial charge on any atom is 0.273 e. The zero-order chi connectivity index (χ0) is 16.9. The number of rotatable bonds is 5. The third-order valence-electron chi connectivity index (χ3n) is 4.42. The van der Waals surface area contributed by atoms with E-state index in [0.29, 0.717) is 11.7 Å². The lowest BCUT2D eigenvalue weighted by Crippen LogP contribution is -2.25. The summed E-state index contributed by atoms with van der Waals surface area (Å²) < 4.78 is 0. The molecule has 3 rings (SSSR count). The van der Waals surface area contributed by atoms with Gasteiger partial charge in [-0.15, -0.1) is 0 Å². The third-order valence-corrected chi connectivity index (χ3v) is 4.42. The van der Waals surface area contributed by atoms with E-state index in [1.54, 1.807) is 13.2 Å². The molecule has 1 aromatic carbocycles. The van der Waals surface area contributed by atoms with Crippen molar-refractivity contribution in [3.8, 4) is 11.3 Å². The van der Waals surface area contributed by atoms with Gasteiger partial charge < -0.3 is 16.4 Å². The molecule has 1 fully saturated rings. The van der Waals surface area contributed by atoms with Crippen molar-refractivity contribution in [1.29, 1.82) is 0 Å². The number of nitrogen functional groups attached to an aromatic ring is 1. The zero-order valence-electron chi connectivity index (χ0n) is 13.9. The number of carbonyl (C=O) groups is 1. The van der Waals surface area contributed by atoms with E-state index in [4.69, 9.17) is 5.73 Å². The molecule has 6 nitrogen and oxygen atoms in total. The molecule has 0 aliphatic heterocycles. The number of hydrogen-bond donors (Lipinski definition) is 3. The van der Waals surface area contributed by atoms with Gasteiger partial charge >= 0.3 is 0 Å². The van der Waals surface area contributed by atoms with Crippen LogP contribution in [0.4, 0.5) is 5.82 Å². The molecule has 126 valence electrons. The summed E-state index contributed by atoms with van der Waals surface area (Å²) in [6, 6.07) is 8.77. The van der Waals surface area contributed by atoms with Gasteiger partial charge in [0.1, 0.15) is 0 Å². The van der Waals surface area contributed by atoms with Crippen molar-refractivity contribution in [2.75, 3.05) is 12.8 Å². The van der Waals surface area contributed by atoms with Gasteiger partial charge in [0.25, 0.3) is 5.91 Å². The molecule has 0 spiro atoms. The summed E-state index contributed by atoms with van der Waals surface area (Å²) in [6.45, 7) is 0.837. The zero-order valence-corrected chi connectivity index (χ0v) is 13.9. The van der Waals surface area contributed by atoms with Crippen LogP contribution >= 0.6 is 0 Å². The van der Waals surface area contributed by atoms with E-state index < -0.39 is 0 Å². The second kappa shape index (κ2) is 7.40. The first-order valence-electron chi connectivity index (χ1n) is 8.34. The molecule has 6 heteroatoms. The second-order valence-electron chi connectivity index (χ2n) is 6.13. The van der Waals surface area contributed by atoms with Crippen molar-refractivity contribution in [1.82, 2.24) is 20.6 Å². The van der Waals surface area contributed by atoms with Crippen molar-refractivity contribution in [2.45, 2.75) is 38.3 Å². The van der Waals surface area contributed by atoms with Gasteiger partial charge in [-0.25, -0.2) is 9.97 Å². The minimum absolute atomic E-state index is 0.136. The van der Waals surface area contributed by atoms with Gasteiger partial charge in [0.2, 0.25) is 0 Å². The maximum atomic E-state index is 11.8. The van der Waals surface area contributed by atoms with E-state index in [1.807, 2.05) is 12.1 Å². The number of benzene rings is 1. The molecule has 1 aliphatic carbocycles. The maximum absolute atomic E-state index is 11.8. The first-order valence-corrected chi connectivity index (χ1v) is 8.34. The molecule has 0 unspecified atom stereocenters. The number of nitrogens with one attached hydrogen (secondary N) is 2. The Kier molecular flexibility index (Phi) is 5.05. The van der Waals surface area contributed by atoms with Crippen LogP contribution in [-0.2, 0) is 6.54 Å². The highest BCUT2D eigenvalue weighted by atomic mass is 16.1. The normalized spacial score (nSPS) is 14.7. The lowest BCUT2D eigenvalue weighted by molar-refractivity contribution is 0.0959. The molecule has 0 bridgehead atoms. The molecule has 1 amide bonds. The Balaban J connectivity index is 1.79. The third kappa shape index (κ3) is 3.71. The van der Waals surface area contributed by atoms with E-state index in [9.17, 15) is 4.79 Å². The highest BCUT2D eigenvalue weighted by molar-refractivity contribution is 5.96. The van der Waals surface area contributed by atoms with Crippen LogP contribution in [0.1, 0.15) is 41.7 Å². The molecule has 1 saturated carbocycles. The summed E-state index contributed by atoms with van der Waals surface area (Å²) in [7, 11) is 1.55. The molecule has 0 saturated heterocycles. The Morgan fingerprint density at radius 3 is 2.88 bits per heavy atom. The minimum atomic E-state index is -0.332. The van der Waals surface area contributed by atoms with Crippen LogP contribution in [0, 0.1) is 0 Å². The number of nitrogens with two attached hydrogens (primary N) is 1. The van der Waals surface area contributed by atoms with Crippen LogP contribution in [0.3, 0.4) is 0 Å². The lowest BCUT2D eigenvalue weighted by atomic mass is 10.1. The highest BCUT2D eigenvalue weighted by Crippen LogP contribution is 2.21. The van der Waals surface area contributed by atoms with E-state index >= 15 is 0 Å². The molecular weight excluding hydrogens is 302 g/mol. The molecule has 4 N–H and O–H groups in total. The van der Waals surface area contributed by atoms with Crippen molar-refractivity contribution in [2.24, 2.45) is 0 Å². The van der Waals surface area contributed by atoms with Crippen molar-refractivity contribution >= 4 is 11.7 Å². The quantitative estimate of drug-likeness (QED) is 0.783. The Bertz CT molecular complexity index is 725. The highest BCUT2D eigenvalue weighted by Gasteiger charge is 2.15. The average molecular weight is 325 g/mol. The van der Waals surface area contributed by atoms with Gasteiger partial charge in [-0.2, -0.15) is 0 Å². The summed E-state index contributed by atoms with van der Waals surface area (Å²) >= 11 is 0. The number of amides is 1. The Morgan fingerprint density at radius 1 is 1.33 bits per heavy atom. The van der Waals surface area contributed by atoms with Crippen molar-refractivity contribution < 1.29 is 4.79 Å². The standard InChI is InChI=1S/C18H23N5O/c1-20-18(24)16-17(19)22-11-15(23-16)13-6-4-5-12(9-13)10-21-14-7-2-3-8-14/h4-6,9,11,14,21H,2-3,7-8,10H2,1H3,(H2,19,22)(H,20,24). The van der Waals surface area contributed by atoms with Crippen LogP contribution in [0.2, 0.25) is 0 Å². The Labute approximate surface area is 141 Å². The van der Waals surface area contributed by atoms with Gasteiger partial charge in [0.15, 0.2) is 11.5 Å². The van der Waals surface area contributed by atoms with Gasteiger partial charge in [-0.05, 0) is 24.5 Å². The molecule has 1 aromatic heterocycles. The monoisotopic (exact) mass is 325 g/mol. The fourth-order valence-corrected chi connectivity index (χ4v) is 3.06. The van der Waals surface area contributed by atoms with Gasteiger partial charge in [0, 0.05) is 25.2 Å². The van der Waals surface area contributed by atoms with Crippen LogP contribution in [-0.4, -0.2) is 29.0 Å². The van der Waals surface area contributed by atoms with Crippen molar-refractivity contribution in [3.63, 3.8) is 0 Å². The second-order valence-corrected chi connectivity index (χ2v) is 6.13. The number of anilines is 1. The number of hydrogen-bond acceptors (Lipinski definition) is 5. The van der Waals surface area contributed by atoms with Crippen LogP contribution in [0.15, 0.2) is 30.5 Å². The number of carbonyl (C=O) groups excluding carboxylic acids is 1. The lowest BCUT2D eigenvalue weighted by Gasteiger charge is -2.12. The van der Waals surface area contributed by atoms with E-state index in [0.717, 1.165) is 12.1 Å². The fourth-order valence-electron chi connectivity index (χ4n) is 3.06. The smallest absolute Gasteiger partial charge is 0.273 e. The molecule has 24 heavy (non-hydrogen) atoms. The largest absolute Gasteiger partial charge is 0.382 e. The van der Waals surface area contributed by atoms with Crippen LogP contribution in [0.25, 0.3) is 11.3 Å².